The highest BCUT2D eigenvalue weighted by Gasteiger charge is 2.44. The van der Waals surface area contributed by atoms with Gasteiger partial charge in [-0.05, 0) is 178 Å². The monoisotopic (exact) mass is 1390 g/mol. The fraction of sp³-hybridized carbons (Fsp3) is 0.645. The first-order valence-electron chi connectivity index (χ1n) is 34.8. The number of hydrogen-bond acceptors (Lipinski definition) is 17. The smallest absolute Gasteiger partial charge is 0.410 e. The van der Waals surface area contributed by atoms with Crippen LogP contribution >= 0.6 is 0 Å². The second kappa shape index (κ2) is 37.8. The zero-order valence-electron chi connectivity index (χ0n) is 61.4. The third-order valence-corrected chi connectivity index (χ3v) is 17.8. The molecule has 0 N–H and O–H groups in total. The maximum atomic E-state index is 16.1. The van der Waals surface area contributed by atoms with E-state index in [1.807, 2.05) is 68.4 Å². The number of halogens is 2. The molecule has 2 heterocycles. The van der Waals surface area contributed by atoms with Crippen molar-refractivity contribution in [2.24, 2.45) is 11.8 Å². The topological polar surface area (TPSA) is 240 Å². The maximum Gasteiger partial charge on any atom is 0.410 e. The molecule has 0 saturated carbocycles. The fourth-order valence-corrected chi connectivity index (χ4v) is 11.9. The molecule has 550 valence electrons. The summed E-state index contributed by atoms with van der Waals surface area (Å²) in [5.41, 5.74) is -0.646. The molecule has 2 fully saturated rings. The van der Waals surface area contributed by atoms with Crippen molar-refractivity contribution < 1.29 is 89.8 Å². The van der Waals surface area contributed by atoms with Crippen LogP contribution in [0.4, 0.5) is 13.6 Å². The molecule has 2 aliphatic heterocycles. The van der Waals surface area contributed by atoms with E-state index in [-0.39, 0.29) is 69.3 Å². The minimum Gasteiger partial charge on any atom is -0.458 e. The Balaban J connectivity index is 1.43. The second-order valence-electron chi connectivity index (χ2n) is 29.5. The maximum absolute atomic E-state index is 16.1. The molecule has 2 saturated heterocycles. The molecule has 5 rings (SSSR count). The molecule has 21 nitrogen and oxygen atoms in total. The van der Waals surface area contributed by atoms with Gasteiger partial charge in [0.2, 0.25) is 0 Å². The van der Waals surface area contributed by atoms with Gasteiger partial charge in [0, 0.05) is 67.5 Å². The van der Waals surface area contributed by atoms with Crippen molar-refractivity contribution in [1.82, 2.24) is 19.6 Å². The molecule has 0 aliphatic carbocycles. The fourth-order valence-electron chi connectivity index (χ4n) is 11.9. The number of carbonyl (C=O) groups is 9. The lowest BCUT2D eigenvalue weighted by Gasteiger charge is -2.35. The average molecular weight is 1390 g/mol. The molecule has 0 radical (unpaired) electrons. The molecule has 4 amide bonds. The number of ether oxygens (including phenoxy) is 8. The van der Waals surface area contributed by atoms with Gasteiger partial charge in [-0.3, -0.25) is 19.3 Å². The van der Waals surface area contributed by atoms with Gasteiger partial charge in [0.1, 0.15) is 47.7 Å². The summed E-state index contributed by atoms with van der Waals surface area (Å²) >= 11 is 0. The normalized spacial score (nSPS) is 16.5. The van der Waals surface area contributed by atoms with E-state index in [0.717, 1.165) is 62.0 Å². The second-order valence-corrected chi connectivity index (χ2v) is 29.5. The molecule has 0 spiro atoms. The number of aryl methyl sites for hydroxylation is 1. The van der Waals surface area contributed by atoms with Crippen molar-refractivity contribution in [3.8, 4) is 0 Å². The van der Waals surface area contributed by atoms with Gasteiger partial charge in [-0.15, -0.1) is 0 Å². The number of likely N-dealkylation sites (N-methyl/N-ethyl adjacent to an activating group) is 4. The van der Waals surface area contributed by atoms with Crippen molar-refractivity contribution in [3.05, 3.63) is 107 Å². The van der Waals surface area contributed by atoms with Crippen LogP contribution < -0.4 is 0 Å². The largest absolute Gasteiger partial charge is 0.458 e. The minimum atomic E-state index is -2.15. The molecule has 0 unspecified atom stereocenters. The van der Waals surface area contributed by atoms with Crippen LogP contribution in [0.1, 0.15) is 194 Å². The summed E-state index contributed by atoms with van der Waals surface area (Å²) in [4.78, 5) is 134. The Labute approximate surface area is 584 Å². The summed E-state index contributed by atoms with van der Waals surface area (Å²) in [5.74, 6) is -7.65. The van der Waals surface area contributed by atoms with Crippen molar-refractivity contribution in [2.45, 2.75) is 251 Å². The van der Waals surface area contributed by atoms with Gasteiger partial charge in [-0.2, -0.15) is 0 Å². The number of nitrogens with zero attached hydrogens (tertiary/aromatic N) is 4. The van der Waals surface area contributed by atoms with E-state index in [1.54, 1.807) is 58.9 Å². The van der Waals surface area contributed by atoms with Crippen molar-refractivity contribution in [1.29, 1.82) is 0 Å². The zero-order valence-corrected chi connectivity index (χ0v) is 61.4. The molecule has 0 aromatic heterocycles. The van der Waals surface area contributed by atoms with Crippen LogP contribution in [0.15, 0.2) is 78.9 Å². The summed E-state index contributed by atoms with van der Waals surface area (Å²) in [6.45, 7) is 22.2. The van der Waals surface area contributed by atoms with Crippen LogP contribution in [0.25, 0.3) is 0 Å². The van der Waals surface area contributed by atoms with Crippen molar-refractivity contribution >= 4 is 53.7 Å². The first-order valence-corrected chi connectivity index (χ1v) is 34.8. The van der Waals surface area contributed by atoms with E-state index in [1.165, 1.54) is 69.7 Å². The number of rotatable bonds is 34. The zero-order chi connectivity index (χ0) is 73.7. The quantitative estimate of drug-likeness (QED) is 0.0399. The van der Waals surface area contributed by atoms with Gasteiger partial charge in [0.25, 0.3) is 17.7 Å². The van der Waals surface area contributed by atoms with E-state index < -0.39 is 126 Å². The Bertz CT molecular complexity index is 3120. The van der Waals surface area contributed by atoms with Crippen LogP contribution in [0.3, 0.4) is 0 Å². The highest BCUT2D eigenvalue weighted by molar-refractivity contribution is 5.93. The minimum absolute atomic E-state index is 0.0289. The lowest BCUT2D eigenvalue weighted by Crippen LogP contribution is -2.54. The molecular weight excluding hydrogens is 1280 g/mol. The van der Waals surface area contributed by atoms with Crippen molar-refractivity contribution in [3.63, 3.8) is 0 Å². The highest BCUT2D eigenvalue weighted by Crippen LogP contribution is 2.31. The van der Waals surface area contributed by atoms with Crippen LogP contribution in [0.5, 0.6) is 0 Å². The number of hydrogen-bond donors (Lipinski definition) is 0. The molecule has 3 aromatic rings. The van der Waals surface area contributed by atoms with Crippen LogP contribution in [-0.4, -0.2) is 193 Å². The Morgan fingerprint density at radius 3 is 1.37 bits per heavy atom. The van der Waals surface area contributed by atoms with Gasteiger partial charge >= 0.3 is 35.9 Å². The van der Waals surface area contributed by atoms with E-state index >= 15 is 18.4 Å². The predicted molar refractivity (Wildman–Crippen MR) is 368 cm³/mol. The Hall–Kier alpha value is -7.53. The molecule has 2 aliphatic rings. The SMILES string of the molecule is CC(C)C[C@@H](C(=O)O[C@H](C)C(=O)N(C)[C@@H](CC(C)(C)F)C(=O)O[C@H](CCc1ccc(C2CCOCC2)cc1)C(=O)N(C)[C@@H](CC(C)C)C(=O)O[C@H](C)C(=O)OCc1ccccc1)N(C)C(=O)[C@@H](Cc1ccc(C2CCOCC2)cc1)OC(=O)[C@H](CCC(C)(C)F)N(C)C(=O)OC(C)(C)C. The predicted octanol–water partition coefficient (Wildman–Crippen LogP) is 11.6. The van der Waals surface area contributed by atoms with E-state index in [9.17, 15) is 33.6 Å². The number of amides is 4. The number of carbonyl (C=O) groups excluding carboxylic acids is 9. The van der Waals surface area contributed by atoms with Gasteiger partial charge < -0.3 is 52.6 Å². The first kappa shape index (κ1) is 82.1. The Kier molecular flexibility index (Phi) is 31.3. The third-order valence-electron chi connectivity index (χ3n) is 17.8. The van der Waals surface area contributed by atoms with E-state index in [4.69, 9.17) is 37.9 Å². The van der Waals surface area contributed by atoms with E-state index in [2.05, 4.69) is 0 Å². The van der Waals surface area contributed by atoms with Gasteiger partial charge in [-0.1, -0.05) is 107 Å². The average Bonchev–Trinajstić information content (AvgIpc) is 0.833. The van der Waals surface area contributed by atoms with Gasteiger partial charge in [0.15, 0.2) is 24.4 Å². The molecule has 3 aromatic carbocycles. The summed E-state index contributed by atoms with van der Waals surface area (Å²) in [7, 11) is 5.20. The molecule has 99 heavy (non-hydrogen) atoms. The summed E-state index contributed by atoms with van der Waals surface area (Å²) in [5, 5.41) is 0. The van der Waals surface area contributed by atoms with Crippen LogP contribution in [0.2, 0.25) is 0 Å². The van der Waals surface area contributed by atoms with Gasteiger partial charge in [0.05, 0.1) is 0 Å². The molecule has 8 atom stereocenters. The lowest BCUT2D eigenvalue weighted by atomic mass is 9.90. The summed E-state index contributed by atoms with van der Waals surface area (Å²) in [6, 6.07) is 18.4. The standard InChI is InChI=1S/C76H110F2N4O17/c1-48(2)43-60(80(15)67(85)64(45-53-25-30-56(31-26-53)58-36-41-93-42-37-58)98-69(87)59(33-38-75(10,11)77)82(17)73(91)99-74(7,8)9)70(88)95-50(5)65(83)81(16)62(46-76(12,13)78)72(90)97-63(32-27-52-23-28-55(29-24-52)57-34-39-92-40-35-57)66(84)79(14)61(44-49(3)4)71(89)96-51(6)68(86)94-47-54-21-19-18-20-22-54/h18-26,28-31,48-51,57-64H,27,32-47H2,1-17H3/t50-,51-,59+,60+,61+,62+,63-,64-/m1/s1. The Morgan fingerprint density at radius 2 is 0.909 bits per heavy atom. The summed E-state index contributed by atoms with van der Waals surface area (Å²) in [6.07, 6.45) is -5.06. The number of benzene rings is 3. The Morgan fingerprint density at radius 1 is 0.475 bits per heavy atom. The molecular formula is C76H110F2N4O17. The molecule has 0 bridgehead atoms. The molecule has 23 heteroatoms. The van der Waals surface area contributed by atoms with E-state index in [0.29, 0.717) is 43.5 Å². The van der Waals surface area contributed by atoms with Crippen LogP contribution in [0, 0.1) is 11.8 Å². The lowest BCUT2D eigenvalue weighted by molar-refractivity contribution is -0.176. The van der Waals surface area contributed by atoms with Crippen LogP contribution in [-0.2, 0) is 95.7 Å². The van der Waals surface area contributed by atoms with Gasteiger partial charge in [-0.25, -0.2) is 37.5 Å². The number of alkyl halides is 2. The highest BCUT2D eigenvalue weighted by atomic mass is 19.1. The third kappa shape index (κ3) is 26.8. The first-order chi connectivity index (χ1) is 46.3. The summed E-state index contributed by atoms with van der Waals surface area (Å²) < 4.78 is 77.2. The number of esters is 5. The van der Waals surface area contributed by atoms with Crippen molar-refractivity contribution in [2.75, 3.05) is 54.6 Å².